The van der Waals surface area contributed by atoms with Crippen LogP contribution in [0.3, 0.4) is 0 Å². The summed E-state index contributed by atoms with van der Waals surface area (Å²) in [5.74, 6) is 10.8. The average Bonchev–Trinajstić information content (AvgIpc) is 2.85. The van der Waals surface area contributed by atoms with Crippen LogP contribution in [-0.4, -0.2) is 75.2 Å². The van der Waals surface area contributed by atoms with Crippen molar-refractivity contribution in [2.45, 2.75) is 25.7 Å². The Morgan fingerprint density at radius 3 is 1.86 bits per heavy atom. The van der Waals surface area contributed by atoms with Crippen LogP contribution >= 0.6 is 70.6 Å². The van der Waals surface area contributed by atoms with Crippen LogP contribution in [0.15, 0.2) is 59.5 Å². The second kappa shape index (κ2) is 25.6. The number of carbonyl (C=O) groups is 2. The van der Waals surface area contributed by atoms with E-state index < -0.39 is 0 Å². The van der Waals surface area contributed by atoms with E-state index >= 15 is 0 Å². The summed E-state index contributed by atoms with van der Waals surface area (Å²) in [5, 5.41) is 0.136. The SMILES string of the molecule is C=C(C)C(=O)OCCSCCSc1ccccc1.C=C(C)C(=O)SCCSCCSCCSCC. The molecule has 0 radical (unpaired) electrons. The van der Waals surface area contributed by atoms with Gasteiger partial charge in [0, 0.05) is 62.2 Å². The number of hydrogen-bond donors (Lipinski definition) is 0. The number of hydrogen-bond acceptors (Lipinski definition) is 9. The minimum absolute atomic E-state index is 0.136. The molecule has 0 saturated carbocycles. The third-order valence-corrected chi connectivity index (χ3v) is 10.7. The Morgan fingerprint density at radius 2 is 1.29 bits per heavy atom. The Bertz CT molecular complexity index is 712. The maximum atomic E-state index is 11.2. The first-order chi connectivity index (χ1) is 16.9. The monoisotopic (exact) mass is 592 g/mol. The summed E-state index contributed by atoms with van der Waals surface area (Å²) < 4.78 is 5.00. The lowest BCUT2D eigenvalue weighted by atomic mass is 10.4. The highest BCUT2D eigenvalue weighted by Gasteiger charge is 2.03. The largest absolute Gasteiger partial charge is 0.461 e. The average molecular weight is 593 g/mol. The van der Waals surface area contributed by atoms with Crippen molar-refractivity contribution in [2.24, 2.45) is 0 Å². The molecule has 0 N–H and O–H groups in total. The summed E-state index contributed by atoms with van der Waals surface area (Å²) in [7, 11) is 0. The van der Waals surface area contributed by atoms with E-state index in [0.29, 0.717) is 17.8 Å². The van der Waals surface area contributed by atoms with E-state index in [2.05, 4.69) is 32.2 Å². The van der Waals surface area contributed by atoms with Crippen LogP contribution in [0.2, 0.25) is 0 Å². The van der Waals surface area contributed by atoms with Crippen molar-refractivity contribution in [1.82, 2.24) is 0 Å². The van der Waals surface area contributed by atoms with Crippen LogP contribution in [0.5, 0.6) is 0 Å². The number of ether oxygens (including phenoxy) is 1. The second-order valence-corrected chi connectivity index (χ2v) is 14.3. The lowest BCUT2D eigenvalue weighted by molar-refractivity contribution is -0.138. The van der Waals surface area contributed by atoms with Crippen LogP contribution < -0.4 is 0 Å². The molecule has 1 rings (SSSR count). The van der Waals surface area contributed by atoms with E-state index in [1.165, 1.54) is 45.4 Å². The predicted octanol–water partition coefficient (Wildman–Crippen LogP) is 7.67. The minimum Gasteiger partial charge on any atom is -0.461 e. The Balaban J connectivity index is 0.000000662. The quantitative estimate of drug-likeness (QED) is 0.0696. The van der Waals surface area contributed by atoms with Gasteiger partial charge >= 0.3 is 5.97 Å². The van der Waals surface area contributed by atoms with Gasteiger partial charge in [-0.1, -0.05) is 50.0 Å². The van der Waals surface area contributed by atoms with Gasteiger partial charge < -0.3 is 4.74 Å². The third kappa shape index (κ3) is 24.1. The first-order valence-electron chi connectivity index (χ1n) is 11.5. The van der Waals surface area contributed by atoms with Crippen molar-refractivity contribution in [2.75, 3.05) is 64.1 Å². The molecule has 0 aliphatic rings. The Morgan fingerprint density at radius 1 is 0.743 bits per heavy atom. The first-order valence-corrected chi connectivity index (χ1v) is 18.1. The van der Waals surface area contributed by atoms with Gasteiger partial charge in [-0.25, -0.2) is 4.79 Å². The van der Waals surface area contributed by atoms with E-state index in [-0.39, 0.29) is 11.1 Å². The number of rotatable bonds is 19. The fraction of sp³-hybridized carbons (Fsp3) is 0.538. The Labute approximate surface area is 239 Å². The summed E-state index contributed by atoms with van der Waals surface area (Å²) in [4.78, 5) is 23.6. The van der Waals surface area contributed by atoms with Crippen molar-refractivity contribution in [3.8, 4) is 0 Å². The van der Waals surface area contributed by atoms with Gasteiger partial charge in [0.05, 0.1) is 0 Å². The molecule has 0 fully saturated rings. The predicted molar refractivity (Wildman–Crippen MR) is 170 cm³/mol. The normalized spacial score (nSPS) is 10.3. The molecular weight excluding hydrogens is 553 g/mol. The number of esters is 1. The lowest BCUT2D eigenvalue weighted by Crippen LogP contribution is -2.07. The molecular formula is C26H40O3S6. The molecule has 0 amide bonds. The van der Waals surface area contributed by atoms with Crippen molar-refractivity contribution < 1.29 is 14.3 Å². The van der Waals surface area contributed by atoms with Crippen LogP contribution in [0.1, 0.15) is 20.8 Å². The van der Waals surface area contributed by atoms with Gasteiger partial charge in [-0.15, -0.1) is 11.8 Å². The zero-order chi connectivity index (χ0) is 26.2. The maximum Gasteiger partial charge on any atom is 0.333 e. The van der Waals surface area contributed by atoms with Gasteiger partial charge in [-0.2, -0.15) is 47.0 Å². The summed E-state index contributed by atoms with van der Waals surface area (Å²) in [5.41, 5.74) is 1.11. The fourth-order valence-corrected chi connectivity index (χ4v) is 7.67. The Hall–Kier alpha value is -0.0600. The molecule has 0 heterocycles. The fourth-order valence-electron chi connectivity index (χ4n) is 2.05. The van der Waals surface area contributed by atoms with Crippen molar-refractivity contribution >= 4 is 81.7 Å². The molecule has 198 valence electrons. The molecule has 0 aliphatic heterocycles. The van der Waals surface area contributed by atoms with E-state index in [1.54, 1.807) is 25.6 Å². The van der Waals surface area contributed by atoms with Gasteiger partial charge in [0.15, 0.2) is 0 Å². The maximum absolute atomic E-state index is 11.2. The summed E-state index contributed by atoms with van der Waals surface area (Å²) in [6.07, 6.45) is 0. The van der Waals surface area contributed by atoms with E-state index in [9.17, 15) is 9.59 Å². The highest BCUT2D eigenvalue weighted by Crippen LogP contribution is 2.18. The topological polar surface area (TPSA) is 43.4 Å². The van der Waals surface area contributed by atoms with Crippen molar-refractivity contribution in [3.05, 3.63) is 54.6 Å². The molecule has 0 aliphatic carbocycles. The van der Waals surface area contributed by atoms with Crippen LogP contribution in [0.4, 0.5) is 0 Å². The molecule has 0 saturated heterocycles. The molecule has 0 unspecified atom stereocenters. The van der Waals surface area contributed by atoms with Crippen LogP contribution in [0, 0.1) is 0 Å². The van der Waals surface area contributed by atoms with Crippen LogP contribution in [0.25, 0.3) is 0 Å². The lowest BCUT2D eigenvalue weighted by Gasteiger charge is -2.04. The van der Waals surface area contributed by atoms with Gasteiger partial charge in [0.1, 0.15) is 6.61 Å². The summed E-state index contributed by atoms with van der Waals surface area (Å²) in [6, 6.07) is 10.3. The van der Waals surface area contributed by atoms with E-state index in [4.69, 9.17) is 4.74 Å². The zero-order valence-electron chi connectivity index (χ0n) is 21.3. The van der Waals surface area contributed by atoms with Gasteiger partial charge in [-0.3, -0.25) is 4.79 Å². The highest BCUT2D eigenvalue weighted by atomic mass is 32.2. The van der Waals surface area contributed by atoms with Crippen LogP contribution in [-0.2, 0) is 14.3 Å². The van der Waals surface area contributed by atoms with E-state index in [0.717, 1.165) is 28.8 Å². The smallest absolute Gasteiger partial charge is 0.333 e. The van der Waals surface area contributed by atoms with Crippen molar-refractivity contribution in [1.29, 1.82) is 0 Å². The van der Waals surface area contributed by atoms with Gasteiger partial charge in [-0.05, 0) is 37.3 Å². The summed E-state index contributed by atoms with van der Waals surface area (Å²) in [6.45, 7) is 13.3. The molecule has 0 bridgehead atoms. The molecule has 9 heteroatoms. The summed E-state index contributed by atoms with van der Waals surface area (Å²) >= 11 is 11.0. The highest BCUT2D eigenvalue weighted by molar-refractivity contribution is 8.14. The number of carbonyl (C=O) groups excluding carboxylic acids is 2. The molecule has 3 nitrogen and oxygen atoms in total. The first kappa shape index (κ1) is 34.9. The molecule has 35 heavy (non-hydrogen) atoms. The second-order valence-electron chi connectivity index (χ2n) is 7.03. The number of benzene rings is 1. The molecule has 1 aromatic rings. The minimum atomic E-state index is -0.297. The molecule has 1 aromatic carbocycles. The molecule has 0 aromatic heterocycles. The zero-order valence-corrected chi connectivity index (χ0v) is 26.2. The van der Waals surface area contributed by atoms with Crippen molar-refractivity contribution in [3.63, 3.8) is 0 Å². The standard InChI is InChI=1S/C14H18O2S2.C12H22OS4/c1-12(2)14(15)16-8-9-17-10-11-18-13-6-4-3-5-7-13;1-4-14-5-6-15-7-8-16-9-10-17-12(13)11(2)3/h3-7H,1,8-11H2,2H3;2,4-10H2,1,3H3. The molecule has 0 atom stereocenters. The van der Waals surface area contributed by atoms with Gasteiger partial charge in [0.25, 0.3) is 0 Å². The van der Waals surface area contributed by atoms with Gasteiger partial charge in [0.2, 0.25) is 5.12 Å². The van der Waals surface area contributed by atoms with E-state index in [1.807, 2.05) is 65.2 Å². The third-order valence-electron chi connectivity index (χ3n) is 3.81. The molecule has 0 spiro atoms. The Kier molecular flexibility index (Phi) is 25.5. The number of thioether (sulfide) groups is 6.